The third-order valence-electron chi connectivity index (χ3n) is 1.50. The summed E-state index contributed by atoms with van der Waals surface area (Å²) in [4.78, 5) is 0. The molecule has 0 aliphatic carbocycles. The van der Waals surface area contributed by atoms with E-state index in [0.717, 1.165) is 26.1 Å². The zero-order valence-electron chi connectivity index (χ0n) is 4.89. The van der Waals surface area contributed by atoms with Crippen molar-refractivity contribution in [1.82, 2.24) is 0 Å². The van der Waals surface area contributed by atoms with Gasteiger partial charge in [0.15, 0.2) is 0 Å². The van der Waals surface area contributed by atoms with Gasteiger partial charge in [-0.1, -0.05) is 0 Å². The molecule has 1 heterocycles. The number of hydrogen-bond donors (Lipinski definition) is 1. The fourth-order valence-corrected chi connectivity index (χ4v) is 0.882. The van der Waals surface area contributed by atoms with E-state index in [1.165, 1.54) is 6.21 Å². The smallest absolute Gasteiger partial charge is 0.0472 e. The van der Waals surface area contributed by atoms with Crippen LogP contribution in [0.15, 0.2) is 0 Å². The Morgan fingerprint density at radius 3 is 2.38 bits per heavy atom. The Morgan fingerprint density at radius 2 is 2.00 bits per heavy atom. The highest BCUT2D eigenvalue weighted by Crippen LogP contribution is 2.10. The second kappa shape index (κ2) is 2.82. The summed E-state index contributed by atoms with van der Waals surface area (Å²) < 4.78 is 5.10. The SMILES string of the molecule is N=CC1CCOCC1. The van der Waals surface area contributed by atoms with Crippen LogP contribution in [0.4, 0.5) is 0 Å². The molecule has 0 amide bonds. The van der Waals surface area contributed by atoms with Gasteiger partial charge in [-0.3, -0.25) is 0 Å². The highest BCUT2D eigenvalue weighted by molar-refractivity contribution is 5.56. The predicted octanol–water partition coefficient (Wildman–Crippen LogP) is 1.06. The Bertz CT molecular complexity index is 76.6. The van der Waals surface area contributed by atoms with E-state index < -0.39 is 0 Å². The number of ether oxygens (including phenoxy) is 1. The van der Waals surface area contributed by atoms with Gasteiger partial charge in [0, 0.05) is 13.2 Å². The first-order valence-corrected chi connectivity index (χ1v) is 3.02. The van der Waals surface area contributed by atoms with Crippen LogP contribution in [0, 0.1) is 11.3 Å². The Kier molecular flexibility index (Phi) is 2.03. The Morgan fingerprint density at radius 1 is 1.38 bits per heavy atom. The van der Waals surface area contributed by atoms with Gasteiger partial charge in [0.05, 0.1) is 0 Å². The third-order valence-corrected chi connectivity index (χ3v) is 1.50. The average molecular weight is 113 g/mol. The molecule has 0 bridgehead atoms. The lowest BCUT2D eigenvalue weighted by molar-refractivity contribution is 0.0837. The summed E-state index contributed by atoms with van der Waals surface area (Å²) in [6.07, 6.45) is 3.62. The van der Waals surface area contributed by atoms with Crippen molar-refractivity contribution < 1.29 is 4.74 Å². The Labute approximate surface area is 49.4 Å². The zero-order valence-corrected chi connectivity index (χ0v) is 4.89. The van der Waals surface area contributed by atoms with Crippen molar-refractivity contribution in [3.8, 4) is 0 Å². The molecular formula is C6H11NO. The summed E-state index contributed by atoms with van der Waals surface area (Å²) in [5, 5.41) is 6.92. The second-order valence-electron chi connectivity index (χ2n) is 2.12. The fraction of sp³-hybridized carbons (Fsp3) is 0.833. The molecule has 2 nitrogen and oxygen atoms in total. The van der Waals surface area contributed by atoms with Crippen LogP contribution in [-0.4, -0.2) is 19.4 Å². The van der Waals surface area contributed by atoms with Crippen molar-refractivity contribution >= 4 is 6.21 Å². The van der Waals surface area contributed by atoms with Crippen molar-refractivity contribution in [2.24, 2.45) is 5.92 Å². The average Bonchev–Trinajstić information content (AvgIpc) is 1.90. The Balaban J connectivity index is 2.22. The molecule has 0 atom stereocenters. The minimum atomic E-state index is 0.503. The van der Waals surface area contributed by atoms with Gasteiger partial charge >= 0.3 is 0 Å². The lowest BCUT2D eigenvalue weighted by atomic mass is 10.0. The summed E-state index contributed by atoms with van der Waals surface area (Å²) in [6.45, 7) is 1.69. The molecule has 1 N–H and O–H groups in total. The molecule has 1 aliphatic rings. The lowest BCUT2D eigenvalue weighted by Gasteiger charge is -2.16. The highest BCUT2D eigenvalue weighted by atomic mass is 16.5. The summed E-state index contributed by atoms with van der Waals surface area (Å²) in [5.41, 5.74) is 0. The van der Waals surface area contributed by atoms with E-state index in [1.54, 1.807) is 0 Å². The third kappa shape index (κ3) is 1.30. The number of rotatable bonds is 1. The molecule has 0 spiro atoms. The minimum absolute atomic E-state index is 0.503. The van der Waals surface area contributed by atoms with Gasteiger partial charge in [-0.05, 0) is 25.0 Å². The van der Waals surface area contributed by atoms with E-state index in [0.29, 0.717) is 5.92 Å². The van der Waals surface area contributed by atoms with Gasteiger partial charge in [-0.25, -0.2) is 0 Å². The monoisotopic (exact) mass is 113 g/mol. The van der Waals surface area contributed by atoms with Crippen LogP contribution >= 0.6 is 0 Å². The normalized spacial score (nSPS) is 23.0. The van der Waals surface area contributed by atoms with Crippen LogP contribution in [0.25, 0.3) is 0 Å². The van der Waals surface area contributed by atoms with Crippen molar-refractivity contribution in [2.45, 2.75) is 12.8 Å². The molecule has 46 valence electrons. The molecule has 1 fully saturated rings. The summed E-state index contributed by atoms with van der Waals surface area (Å²) in [5.74, 6) is 0.503. The van der Waals surface area contributed by atoms with E-state index >= 15 is 0 Å². The van der Waals surface area contributed by atoms with Gasteiger partial charge in [-0.2, -0.15) is 0 Å². The predicted molar refractivity (Wildman–Crippen MR) is 32.3 cm³/mol. The van der Waals surface area contributed by atoms with Crippen LogP contribution in [0.3, 0.4) is 0 Å². The standard InChI is InChI=1S/C6H11NO/c7-5-6-1-3-8-4-2-6/h5-7H,1-4H2. The zero-order chi connectivity index (χ0) is 5.82. The van der Waals surface area contributed by atoms with Gasteiger partial charge in [0.25, 0.3) is 0 Å². The van der Waals surface area contributed by atoms with Crippen LogP contribution in [0.1, 0.15) is 12.8 Å². The number of nitrogens with one attached hydrogen (secondary N) is 1. The topological polar surface area (TPSA) is 33.1 Å². The van der Waals surface area contributed by atoms with E-state index in [1.807, 2.05) is 0 Å². The molecule has 1 saturated heterocycles. The Hall–Kier alpha value is -0.370. The van der Waals surface area contributed by atoms with E-state index in [4.69, 9.17) is 10.1 Å². The fourth-order valence-electron chi connectivity index (χ4n) is 0.882. The van der Waals surface area contributed by atoms with Crippen LogP contribution in [-0.2, 0) is 4.74 Å². The van der Waals surface area contributed by atoms with Crippen LogP contribution in [0.5, 0.6) is 0 Å². The number of hydrogen-bond acceptors (Lipinski definition) is 2. The molecule has 1 rings (SSSR count). The largest absolute Gasteiger partial charge is 0.381 e. The maximum atomic E-state index is 6.92. The minimum Gasteiger partial charge on any atom is -0.381 e. The maximum Gasteiger partial charge on any atom is 0.0472 e. The molecule has 0 aromatic rings. The van der Waals surface area contributed by atoms with E-state index in [9.17, 15) is 0 Å². The van der Waals surface area contributed by atoms with Gasteiger partial charge in [0.2, 0.25) is 0 Å². The molecular weight excluding hydrogens is 102 g/mol. The molecule has 8 heavy (non-hydrogen) atoms. The van der Waals surface area contributed by atoms with Crippen molar-refractivity contribution in [3.63, 3.8) is 0 Å². The second-order valence-corrected chi connectivity index (χ2v) is 2.12. The molecule has 1 aliphatic heterocycles. The molecule has 0 aromatic heterocycles. The molecule has 2 heteroatoms. The molecule has 0 aromatic carbocycles. The first-order chi connectivity index (χ1) is 3.93. The van der Waals surface area contributed by atoms with Gasteiger partial charge < -0.3 is 10.1 Å². The molecule has 0 radical (unpaired) electrons. The first-order valence-electron chi connectivity index (χ1n) is 3.02. The summed E-state index contributed by atoms with van der Waals surface area (Å²) in [7, 11) is 0. The van der Waals surface area contributed by atoms with E-state index in [-0.39, 0.29) is 0 Å². The summed E-state index contributed by atoms with van der Waals surface area (Å²) in [6, 6.07) is 0. The molecule has 0 saturated carbocycles. The summed E-state index contributed by atoms with van der Waals surface area (Å²) >= 11 is 0. The molecule has 0 unspecified atom stereocenters. The van der Waals surface area contributed by atoms with Gasteiger partial charge in [-0.15, -0.1) is 0 Å². The first kappa shape index (κ1) is 5.76. The lowest BCUT2D eigenvalue weighted by Crippen LogP contribution is -2.15. The quantitative estimate of drug-likeness (QED) is 0.507. The van der Waals surface area contributed by atoms with Gasteiger partial charge in [0.1, 0.15) is 0 Å². The maximum absolute atomic E-state index is 6.92. The van der Waals surface area contributed by atoms with Crippen LogP contribution in [0.2, 0.25) is 0 Å². The van der Waals surface area contributed by atoms with Crippen molar-refractivity contribution in [1.29, 1.82) is 5.41 Å². The van der Waals surface area contributed by atoms with Crippen molar-refractivity contribution in [2.75, 3.05) is 13.2 Å². The van der Waals surface area contributed by atoms with Crippen molar-refractivity contribution in [3.05, 3.63) is 0 Å². The highest BCUT2D eigenvalue weighted by Gasteiger charge is 2.09. The van der Waals surface area contributed by atoms with E-state index in [2.05, 4.69) is 0 Å². The van der Waals surface area contributed by atoms with Crippen LogP contribution < -0.4 is 0 Å².